The summed E-state index contributed by atoms with van der Waals surface area (Å²) in [6.45, 7) is 5.64. The van der Waals surface area contributed by atoms with E-state index in [9.17, 15) is 0 Å². The topological polar surface area (TPSA) is 42.8 Å². The molecule has 3 rings (SSSR count). The van der Waals surface area contributed by atoms with Gasteiger partial charge in [0.15, 0.2) is 11.5 Å². The highest BCUT2D eigenvalue weighted by molar-refractivity contribution is 8.14. The Morgan fingerprint density at radius 1 is 1.21 bits per heavy atom. The molecule has 1 fully saturated rings. The molecule has 0 unspecified atom stereocenters. The molecule has 1 saturated heterocycles. The molecule has 102 valence electrons. The number of thioether (sulfide) groups is 1. The zero-order valence-corrected chi connectivity index (χ0v) is 12.0. The van der Waals surface area contributed by atoms with E-state index in [1.165, 1.54) is 0 Å². The number of aliphatic imine (C=N–C) groups is 1. The lowest BCUT2D eigenvalue weighted by Crippen LogP contribution is -2.15. The summed E-state index contributed by atoms with van der Waals surface area (Å²) in [4.78, 5) is 4.63. The maximum absolute atomic E-state index is 5.47. The third-order valence-corrected chi connectivity index (χ3v) is 4.34. The number of benzene rings is 1. The Labute approximate surface area is 117 Å². The average molecular weight is 278 g/mol. The van der Waals surface area contributed by atoms with Gasteiger partial charge in [-0.05, 0) is 26.0 Å². The smallest absolute Gasteiger partial charge is 0.184 e. The van der Waals surface area contributed by atoms with E-state index >= 15 is 0 Å². The summed E-state index contributed by atoms with van der Waals surface area (Å²) in [5.41, 5.74) is 2.15. The number of hydrogen-bond acceptors (Lipinski definition) is 5. The minimum atomic E-state index is -0.203. The van der Waals surface area contributed by atoms with Gasteiger partial charge < -0.3 is 14.8 Å². The van der Waals surface area contributed by atoms with Gasteiger partial charge in [0, 0.05) is 17.0 Å². The van der Waals surface area contributed by atoms with Crippen LogP contribution in [0.25, 0.3) is 0 Å². The van der Waals surface area contributed by atoms with Crippen molar-refractivity contribution in [3.05, 3.63) is 29.8 Å². The summed E-state index contributed by atoms with van der Waals surface area (Å²) in [5, 5.41) is 4.34. The van der Waals surface area contributed by atoms with Gasteiger partial charge in [-0.1, -0.05) is 23.9 Å². The number of rotatable bonds is 2. The minimum absolute atomic E-state index is 0.0401. The van der Waals surface area contributed by atoms with E-state index in [1.54, 1.807) is 11.8 Å². The van der Waals surface area contributed by atoms with Crippen LogP contribution >= 0.6 is 11.8 Å². The van der Waals surface area contributed by atoms with Gasteiger partial charge in [0.2, 0.25) is 0 Å². The standard InChI is InChI=1S/C14H18N2O2S/c1-14(2)9-19-13(16-14)15-11-5-3-10(4-6-11)12-17-7-8-18-12/h3-6,12H,7-9H2,1-2H3,(H,15,16). The molecular formula is C14H18N2O2S. The SMILES string of the molecule is CC1(C)CSC(Nc2ccc(C3OCCO3)cc2)=N1. The van der Waals surface area contributed by atoms with Crippen LogP contribution in [0.2, 0.25) is 0 Å². The monoisotopic (exact) mass is 278 g/mol. The van der Waals surface area contributed by atoms with E-state index in [1.807, 2.05) is 24.3 Å². The first-order valence-electron chi connectivity index (χ1n) is 6.45. The highest BCUT2D eigenvalue weighted by atomic mass is 32.2. The minimum Gasteiger partial charge on any atom is -0.346 e. The van der Waals surface area contributed by atoms with E-state index in [0.29, 0.717) is 13.2 Å². The zero-order valence-electron chi connectivity index (χ0n) is 11.2. The summed E-state index contributed by atoms with van der Waals surface area (Å²) < 4.78 is 10.9. The maximum Gasteiger partial charge on any atom is 0.184 e. The van der Waals surface area contributed by atoms with E-state index in [-0.39, 0.29) is 11.8 Å². The summed E-state index contributed by atoms with van der Waals surface area (Å²) in [6, 6.07) is 8.14. The molecule has 0 spiro atoms. The van der Waals surface area contributed by atoms with Crippen LogP contribution < -0.4 is 5.32 Å². The lowest BCUT2D eigenvalue weighted by Gasteiger charge is -2.11. The normalized spacial score (nSPS) is 22.5. The van der Waals surface area contributed by atoms with Crippen molar-refractivity contribution < 1.29 is 9.47 Å². The zero-order chi connectivity index (χ0) is 13.3. The molecule has 0 saturated carbocycles. The molecule has 4 nitrogen and oxygen atoms in total. The van der Waals surface area contributed by atoms with Gasteiger partial charge in [-0.2, -0.15) is 0 Å². The van der Waals surface area contributed by atoms with Gasteiger partial charge in [0.05, 0.1) is 18.8 Å². The summed E-state index contributed by atoms with van der Waals surface area (Å²) in [7, 11) is 0. The molecule has 0 atom stereocenters. The lowest BCUT2D eigenvalue weighted by molar-refractivity contribution is -0.0441. The van der Waals surface area contributed by atoms with Crippen LogP contribution in [0.4, 0.5) is 5.69 Å². The molecule has 19 heavy (non-hydrogen) atoms. The molecular weight excluding hydrogens is 260 g/mol. The lowest BCUT2D eigenvalue weighted by atomic mass is 10.1. The van der Waals surface area contributed by atoms with Gasteiger partial charge in [0.1, 0.15) is 0 Å². The predicted molar refractivity (Wildman–Crippen MR) is 78.7 cm³/mol. The Bertz CT molecular complexity index is 479. The molecule has 1 aromatic rings. The van der Waals surface area contributed by atoms with Crippen molar-refractivity contribution in [1.82, 2.24) is 0 Å². The van der Waals surface area contributed by atoms with Crippen molar-refractivity contribution in [3.8, 4) is 0 Å². The van der Waals surface area contributed by atoms with Crippen molar-refractivity contribution >= 4 is 22.6 Å². The summed E-state index contributed by atoms with van der Waals surface area (Å²) in [6.07, 6.45) is -0.203. The van der Waals surface area contributed by atoms with Crippen molar-refractivity contribution in [2.45, 2.75) is 25.7 Å². The number of ether oxygens (including phenoxy) is 2. The van der Waals surface area contributed by atoms with Gasteiger partial charge in [0.25, 0.3) is 0 Å². The highest BCUT2D eigenvalue weighted by Crippen LogP contribution is 2.28. The highest BCUT2D eigenvalue weighted by Gasteiger charge is 2.25. The first kappa shape index (κ1) is 13.0. The van der Waals surface area contributed by atoms with E-state index in [2.05, 4.69) is 24.2 Å². The fraction of sp³-hybridized carbons (Fsp3) is 0.500. The fourth-order valence-corrected chi connectivity index (χ4v) is 3.10. The Morgan fingerprint density at radius 3 is 2.47 bits per heavy atom. The molecule has 2 heterocycles. The second-order valence-electron chi connectivity index (χ2n) is 5.34. The predicted octanol–water partition coefficient (Wildman–Crippen LogP) is 3.03. The van der Waals surface area contributed by atoms with Crippen LogP contribution in [0.5, 0.6) is 0 Å². The number of amidine groups is 1. The second kappa shape index (κ2) is 5.15. The van der Waals surface area contributed by atoms with Crippen LogP contribution in [0.3, 0.4) is 0 Å². The Hall–Kier alpha value is -1.04. The number of anilines is 1. The second-order valence-corrected chi connectivity index (χ2v) is 6.30. The van der Waals surface area contributed by atoms with Crippen LogP contribution in [-0.2, 0) is 9.47 Å². The number of nitrogens with zero attached hydrogens (tertiary/aromatic N) is 1. The molecule has 0 aliphatic carbocycles. The van der Waals surface area contributed by atoms with Crippen LogP contribution in [0.15, 0.2) is 29.3 Å². The quantitative estimate of drug-likeness (QED) is 0.903. The molecule has 1 N–H and O–H groups in total. The Kier molecular flexibility index (Phi) is 3.52. The molecule has 1 aromatic carbocycles. The van der Waals surface area contributed by atoms with E-state index < -0.39 is 0 Å². The van der Waals surface area contributed by atoms with Crippen LogP contribution in [-0.4, -0.2) is 29.7 Å². The van der Waals surface area contributed by atoms with E-state index in [0.717, 1.165) is 22.2 Å². The first-order valence-corrected chi connectivity index (χ1v) is 7.44. The summed E-state index contributed by atoms with van der Waals surface area (Å²) in [5.74, 6) is 1.02. The first-order chi connectivity index (χ1) is 9.12. The number of hydrogen-bond donors (Lipinski definition) is 1. The van der Waals surface area contributed by atoms with Crippen LogP contribution in [0, 0.1) is 0 Å². The molecule has 0 bridgehead atoms. The van der Waals surface area contributed by atoms with Gasteiger partial charge in [-0.3, -0.25) is 4.99 Å². The van der Waals surface area contributed by atoms with Gasteiger partial charge in [-0.25, -0.2) is 0 Å². The third-order valence-electron chi connectivity index (χ3n) is 3.02. The molecule has 0 amide bonds. The van der Waals surface area contributed by atoms with Crippen LogP contribution in [0.1, 0.15) is 25.7 Å². The van der Waals surface area contributed by atoms with Crippen molar-refractivity contribution in [1.29, 1.82) is 0 Å². The Balaban J connectivity index is 1.66. The fourth-order valence-electron chi connectivity index (χ4n) is 2.05. The number of nitrogens with one attached hydrogen (secondary N) is 1. The van der Waals surface area contributed by atoms with Gasteiger partial charge in [-0.15, -0.1) is 0 Å². The van der Waals surface area contributed by atoms with Crippen molar-refractivity contribution in [2.24, 2.45) is 4.99 Å². The maximum atomic E-state index is 5.47. The summed E-state index contributed by atoms with van der Waals surface area (Å²) >= 11 is 1.76. The molecule has 0 aromatic heterocycles. The molecule has 2 aliphatic heterocycles. The molecule has 5 heteroatoms. The van der Waals surface area contributed by atoms with Crippen molar-refractivity contribution in [3.63, 3.8) is 0 Å². The van der Waals surface area contributed by atoms with Gasteiger partial charge >= 0.3 is 0 Å². The molecule has 0 radical (unpaired) electrons. The Morgan fingerprint density at radius 2 is 1.89 bits per heavy atom. The van der Waals surface area contributed by atoms with Crippen molar-refractivity contribution in [2.75, 3.05) is 24.3 Å². The van der Waals surface area contributed by atoms with E-state index in [4.69, 9.17) is 9.47 Å². The average Bonchev–Trinajstić information content (AvgIpc) is 3.00. The third kappa shape index (κ3) is 3.11. The molecule has 2 aliphatic rings. The largest absolute Gasteiger partial charge is 0.346 e.